The standard InChI is InChI=1S/C20H31BrN4/c1-3-22-19(23-14-16-7-11-25(2)12-8-16)24-15-20(9-10-20)17-5-4-6-18(21)13-17/h4-6,13,16H,3,7-12,14-15H2,1-2H3,(H2,22,23,24). The maximum atomic E-state index is 4.92. The Bertz CT molecular complexity index is 589. The van der Waals surface area contributed by atoms with Gasteiger partial charge in [0, 0.05) is 23.0 Å². The average Bonchev–Trinajstić information content (AvgIpc) is 3.40. The highest BCUT2D eigenvalue weighted by molar-refractivity contribution is 9.10. The van der Waals surface area contributed by atoms with Crippen molar-refractivity contribution < 1.29 is 0 Å². The zero-order chi connectivity index (χ0) is 17.7. The van der Waals surface area contributed by atoms with Gasteiger partial charge >= 0.3 is 0 Å². The predicted molar refractivity (Wildman–Crippen MR) is 109 cm³/mol. The predicted octanol–water partition coefficient (Wildman–Crippen LogP) is 3.38. The van der Waals surface area contributed by atoms with Gasteiger partial charge in [-0.2, -0.15) is 0 Å². The van der Waals surface area contributed by atoms with Gasteiger partial charge in [-0.15, -0.1) is 0 Å². The molecule has 0 bridgehead atoms. The van der Waals surface area contributed by atoms with E-state index in [1.807, 2.05) is 0 Å². The molecule has 138 valence electrons. The van der Waals surface area contributed by atoms with Crippen molar-refractivity contribution in [2.45, 2.75) is 38.0 Å². The molecule has 2 fully saturated rings. The van der Waals surface area contributed by atoms with Crippen molar-refractivity contribution in [1.29, 1.82) is 0 Å². The fourth-order valence-corrected chi connectivity index (χ4v) is 3.99. The summed E-state index contributed by atoms with van der Waals surface area (Å²) in [6.45, 7) is 7.37. The number of nitrogens with one attached hydrogen (secondary N) is 2. The Kier molecular flexibility index (Phi) is 6.39. The topological polar surface area (TPSA) is 39.7 Å². The van der Waals surface area contributed by atoms with E-state index >= 15 is 0 Å². The number of benzene rings is 1. The highest BCUT2D eigenvalue weighted by atomic mass is 79.9. The molecule has 0 spiro atoms. The summed E-state index contributed by atoms with van der Waals surface area (Å²) in [5, 5.41) is 6.99. The molecule has 0 unspecified atom stereocenters. The number of hydrogen-bond donors (Lipinski definition) is 2. The maximum absolute atomic E-state index is 4.92. The van der Waals surface area contributed by atoms with E-state index in [0.717, 1.165) is 36.0 Å². The summed E-state index contributed by atoms with van der Waals surface area (Å²) in [6.07, 6.45) is 5.04. The highest BCUT2D eigenvalue weighted by Gasteiger charge is 2.44. The minimum Gasteiger partial charge on any atom is -0.357 e. The third kappa shape index (κ3) is 5.20. The molecule has 1 saturated heterocycles. The minimum atomic E-state index is 0.250. The van der Waals surface area contributed by atoms with Crippen LogP contribution in [0.25, 0.3) is 0 Å². The number of guanidine groups is 1. The summed E-state index contributed by atoms with van der Waals surface area (Å²) in [7, 11) is 2.21. The van der Waals surface area contributed by atoms with Crippen LogP contribution < -0.4 is 10.6 Å². The lowest BCUT2D eigenvalue weighted by Gasteiger charge is -2.29. The van der Waals surface area contributed by atoms with Crippen molar-refractivity contribution in [1.82, 2.24) is 15.5 Å². The Balaban J connectivity index is 1.56. The first-order valence-electron chi connectivity index (χ1n) is 9.58. The van der Waals surface area contributed by atoms with Crippen LogP contribution in [0.1, 0.15) is 38.2 Å². The smallest absolute Gasteiger partial charge is 0.191 e. The molecule has 1 aromatic rings. The van der Waals surface area contributed by atoms with Crippen molar-refractivity contribution in [2.24, 2.45) is 10.9 Å². The number of piperidine rings is 1. The number of rotatable bonds is 6. The summed E-state index contributed by atoms with van der Waals surface area (Å²) >= 11 is 3.60. The van der Waals surface area contributed by atoms with Gasteiger partial charge in [0.15, 0.2) is 5.96 Å². The normalized spacial score (nSPS) is 21.2. The van der Waals surface area contributed by atoms with Crippen LogP contribution in [0, 0.1) is 5.92 Å². The van der Waals surface area contributed by atoms with Gasteiger partial charge in [0.2, 0.25) is 0 Å². The van der Waals surface area contributed by atoms with Crippen LogP contribution in [0.2, 0.25) is 0 Å². The summed E-state index contributed by atoms with van der Waals surface area (Å²) < 4.78 is 1.16. The molecule has 2 aliphatic rings. The number of halogens is 1. The van der Waals surface area contributed by atoms with Crippen LogP contribution in [0.15, 0.2) is 33.7 Å². The van der Waals surface area contributed by atoms with Crippen LogP contribution in [0.4, 0.5) is 0 Å². The molecule has 2 N–H and O–H groups in total. The Morgan fingerprint density at radius 1 is 1.28 bits per heavy atom. The lowest BCUT2D eigenvalue weighted by molar-refractivity contribution is 0.220. The molecule has 1 aromatic carbocycles. The Morgan fingerprint density at radius 2 is 2.04 bits per heavy atom. The quantitative estimate of drug-likeness (QED) is 0.561. The lowest BCUT2D eigenvalue weighted by Crippen LogP contribution is -2.42. The molecular weight excluding hydrogens is 376 g/mol. The zero-order valence-electron chi connectivity index (χ0n) is 15.5. The largest absolute Gasteiger partial charge is 0.357 e. The van der Waals surface area contributed by atoms with Gasteiger partial charge in [0.25, 0.3) is 0 Å². The van der Waals surface area contributed by atoms with Crippen molar-refractivity contribution in [3.05, 3.63) is 34.3 Å². The van der Waals surface area contributed by atoms with Gasteiger partial charge in [-0.25, -0.2) is 0 Å². The third-order valence-electron chi connectivity index (χ3n) is 5.57. The molecule has 25 heavy (non-hydrogen) atoms. The molecule has 1 aliphatic heterocycles. The van der Waals surface area contributed by atoms with E-state index in [-0.39, 0.29) is 5.41 Å². The second-order valence-corrected chi connectivity index (χ2v) is 8.53. The minimum absolute atomic E-state index is 0.250. The van der Waals surface area contributed by atoms with Gasteiger partial charge in [-0.1, -0.05) is 28.1 Å². The van der Waals surface area contributed by atoms with E-state index in [4.69, 9.17) is 4.99 Å². The Morgan fingerprint density at radius 3 is 2.68 bits per heavy atom. The third-order valence-corrected chi connectivity index (χ3v) is 6.06. The summed E-state index contributed by atoms with van der Waals surface area (Å²) in [4.78, 5) is 7.34. The molecule has 3 rings (SSSR count). The van der Waals surface area contributed by atoms with Crippen LogP contribution in [0.3, 0.4) is 0 Å². The molecule has 1 aliphatic carbocycles. The number of nitrogens with zero attached hydrogens (tertiary/aromatic N) is 2. The number of hydrogen-bond acceptors (Lipinski definition) is 2. The summed E-state index contributed by atoms with van der Waals surface area (Å²) in [6, 6.07) is 8.72. The first-order valence-corrected chi connectivity index (χ1v) is 10.4. The zero-order valence-corrected chi connectivity index (χ0v) is 17.1. The van der Waals surface area contributed by atoms with Crippen LogP contribution >= 0.6 is 15.9 Å². The molecule has 0 radical (unpaired) electrons. The van der Waals surface area contributed by atoms with Gasteiger partial charge < -0.3 is 15.5 Å². The summed E-state index contributed by atoms with van der Waals surface area (Å²) in [5.41, 5.74) is 1.66. The monoisotopic (exact) mass is 406 g/mol. The highest BCUT2D eigenvalue weighted by Crippen LogP contribution is 2.48. The number of likely N-dealkylation sites (tertiary alicyclic amines) is 1. The van der Waals surface area contributed by atoms with E-state index in [1.165, 1.54) is 44.3 Å². The first-order chi connectivity index (χ1) is 12.1. The molecule has 0 aromatic heterocycles. The van der Waals surface area contributed by atoms with Crippen molar-refractivity contribution in [3.63, 3.8) is 0 Å². The molecule has 1 heterocycles. The summed E-state index contributed by atoms with van der Waals surface area (Å²) in [5.74, 6) is 1.74. The van der Waals surface area contributed by atoms with E-state index < -0.39 is 0 Å². The Labute approximate surface area is 160 Å². The molecule has 0 atom stereocenters. The van der Waals surface area contributed by atoms with Gasteiger partial charge in [-0.05, 0) is 76.4 Å². The molecule has 5 heteroatoms. The second-order valence-electron chi connectivity index (χ2n) is 7.61. The molecule has 0 amide bonds. The fraction of sp³-hybridized carbons (Fsp3) is 0.650. The van der Waals surface area contributed by atoms with E-state index in [2.05, 4.69) is 69.7 Å². The molecular formula is C20H31BrN4. The fourth-order valence-electron chi connectivity index (χ4n) is 3.59. The first kappa shape index (κ1) is 18.7. The van der Waals surface area contributed by atoms with Crippen LogP contribution in [0.5, 0.6) is 0 Å². The van der Waals surface area contributed by atoms with E-state index in [0.29, 0.717) is 0 Å². The maximum Gasteiger partial charge on any atom is 0.191 e. The number of aliphatic imine (C=N–C) groups is 1. The van der Waals surface area contributed by atoms with Crippen LogP contribution in [-0.2, 0) is 5.41 Å². The van der Waals surface area contributed by atoms with E-state index in [9.17, 15) is 0 Å². The second kappa shape index (κ2) is 8.54. The van der Waals surface area contributed by atoms with Gasteiger partial charge in [-0.3, -0.25) is 4.99 Å². The SMILES string of the molecule is CCNC(=NCC1(c2cccc(Br)c2)CC1)NCC1CCN(C)CC1. The van der Waals surface area contributed by atoms with Crippen molar-refractivity contribution in [3.8, 4) is 0 Å². The van der Waals surface area contributed by atoms with Crippen molar-refractivity contribution >= 4 is 21.9 Å². The molecule has 4 nitrogen and oxygen atoms in total. The van der Waals surface area contributed by atoms with Crippen molar-refractivity contribution in [2.75, 3.05) is 39.8 Å². The average molecular weight is 407 g/mol. The van der Waals surface area contributed by atoms with Crippen LogP contribution in [-0.4, -0.2) is 50.6 Å². The lowest BCUT2D eigenvalue weighted by atomic mass is 9.96. The Hall–Kier alpha value is -1.07. The molecule has 1 saturated carbocycles. The van der Waals surface area contributed by atoms with Gasteiger partial charge in [0.05, 0.1) is 6.54 Å². The van der Waals surface area contributed by atoms with Gasteiger partial charge in [0.1, 0.15) is 0 Å². The van der Waals surface area contributed by atoms with E-state index in [1.54, 1.807) is 0 Å².